The summed E-state index contributed by atoms with van der Waals surface area (Å²) in [7, 11) is 0. The molecule has 4 nitrogen and oxygen atoms in total. The molecule has 7 heteroatoms. The molecule has 3 aromatic rings. The summed E-state index contributed by atoms with van der Waals surface area (Å²) in [6.07, 6.45) is 8.12. The van der Waals surface area contributed by atoms with Crippen LogP contribution in [0.25, 0.3) is 23.0 Å². The maximum atomic E-state index is 14.4. The molecule has 182 valence electrons. The first-order valence-corrected chi connectivity index (χ1v) is 13.3. The number of amides is 1. The number of halogens is 1. The van der Waals surface area contributed by atoms with Crippen LogP contribution in [0.15, 0.2) is 59.6 Å². The number of rotatable bonds is 9. The first-order chi connectivity index (χ1) is 16.9. The fourth-order valence-corrected chi connectivity index (χ4v) is 5.41. The Bertz CT molecular complexity index is 1250. The number of aryl methyl sites for hydroxylation is 1. The topological polar surface area (TPSA) is 38.1 Å². The summed E-state index contributed by atoms with van der Waals surface area (Å²) in [5.41, 5.74) is 3.49. The summed E-state index contributed by atoms with van der Waals surface area (Å²) in [5, 5.41) is 4.76. The number of benzene rings is 2. The zero-order valence-corrected chi connectivity index (χ0v) is 22.0. The molecule has 1 atom stereocenters. The molecule has 0 saturated carbocycles. The number of carbonyl (C=O) groups excluding carboxylic acids is 1. The molecule has 1 aromatic heterocycles. The van der Waals surface area contributed by atoms with Gasteiger partial charge in [0.25, 0.3) is 5.91 Å². The van der Waals surface area contributed by atoms with Crippen LogP contribution in [0.3, 0.4) is 0 Å². The second kappa shape index (κ2) is 11.3. The lowest BCUT2D eigenvalue weighted by Crippen LogP contribution is -2.33. The standard InChI is InChI=1S/C28H30FN3OS2/c1-4-6-10-20(5-2)17-31-27(33)25(35-28(31)34)16-22-18-32(23-11-8-7-9-12-23)30-26(22)21-14-13-19(3)24(29)15-21/h7-9,11-16,18,20H,4-6,10,17H2,1-3H3. The largest absolute Gasteiger partial charge is 0.293 e. The van der Waals surface area contributed by atoms with Crippen molar-refractivity contribution in [3.63, 3.8) is 0 Å². The third-order valence-corrected chi connectivity index (χ3v) is 7.73. The van der Waals surface area contributed by atoms with E-state index in [9.17, 15) is 9.18 Å². The first-order valence-electron chi connectivity index (χ1n) is 12.1. The van der Waals surface area contributed by atoms with E-state index in [1.807, 2.05) is 48.7 Å². The van der Waals surface area contributed by atoms with Crippen molar-refractivity contribution < 1.29 is 9.18 Å². The van der Waals surface area contributed by atoms with Crippen LogP contribution in [0, 0.1) is 18.7 Å². The van der Waals surface area contributed by atoms with Gasteiger partial charge in [0.1, 0.15) is 15.8 Å². The van der Waals surface area contributed by atoms with Crippen molar-refractivity contribution in [3.05, 3.63) is 76.6 Å². The minimum Gasteiger partial charge on any atom is -0.293 e. The van der Waals surface area contributed by atoms with Crippen molar-refractivity contribution in [1.82, 2.24) is 14.7 Å². The van der Waals surface area contributed by atoms with Crippen molar-refractivity contribution in [2.75, 3.05) is 6.54 Å². The zero-order valence-electron chi connectivity index (χ0n) is 20.3. The molecule has 1 aliphatic heterocycles. The summed E-state index contributed by atoms with van der Waals surface area (Å²) in [6.45, 7) is 6.73. The van der Waals surface area contributed by atoms with Gasteiger partial charge in [-0.25, -0.2) is 9.07 Å². The molecule has 4 rings (SSSR count). The molecule has 0 radical (unpaired) electrons. The molecule has 35 heavy (non-hydrogen) atoms. The van der Waals surface area contributed by atoms with Crippen molar-refractivity contribution in [2.45, 2.75) is 46.5 Å². The maximum Gasteiger partial charge on any atom is 0.266 e. The van der Waals surface area contributed by atoms with Gasteiger partial charge >= 0.3 is 0 Å². The molecular formula is C28H30FN3OS2. The Morgan fingerprint density at radius 1 is 1.17 bits per heavy atom. The number of carbonyl (C=O) groups is 1. The molecule has 0 aliphatic carbocycles. The Hall–Kier alpha value is -2.77. The monoisotopic (exact) mass is 507 g/mol. The van der Waals surface area contributed by atoms with E-state index in [1.165, 1.54) is 17.8 Å². The van der Waals surface area contributed by atoms with Crippen LogP contribution < -0.4 is 0 Å². The quantitative estimate of drug-likeness (QED) is 0.223. The molecule has 2 aromatic carbocycles. The second-order valence-electron chi connectivity index (χ2n) is 8.89. The van der Waals surface area contributed by atoms with E-state index in [0.717, 1.165) is 36.9 Å². The highest BCUT2D eigenvalue weighted by Gasteiger charge is 2.33. The van der Waals surface area contributed by atoms with E-state index in [2.05, 4.69) is 13.8 Å². The lowest BCUT2D eigenvalue weighted by molar-refractivity contribution is -0.122. The van der Waals surface area contributed by atoms with Crippen molar-refractivity contribution >= 4 is 40.3 Å². The Morgan fingerprint density at radius 3 is 2.63 bits per heavy atom. The molecule has 1 aliphatic rings. The molecule has 0 spiro atoms. The van der Waals surface area contributed by atoms with E-state index in [0.29, 0.717) is 38.5 Å². The Morgan fingerprint density at radius 2 is 1.94 bits per heavy atom. The van der Waals surface area contributed by atoms with E-state index in [1.54, 1.807) is 22.6 Å². The highest BCUT2D eigenvalue weighted by atomic mass is 32.2. The second-order valence-corrected chi connectivity index (χ2v) is 10.6. The summed E-state index contributed by atoms with van der Waals surface area (Å²) in [5.74, 6) is 0.0823. The molecule has 1 saturated heterocycles. The van der Waals surface area contributed by atoms with Crippen LogP contribution in [0.1, 0.15) is 50.7 Å². The maximum absolute atomic E-state index is 14.4. The number of nitrogens with zero attached hydrogens (tertiary/aromatic N) is 3. The van der Waals surface area contributed by atoms with Crippen LogP contribution in [0.2, 0.25) is 0 Å². The van der Waals surface area contributed by atoms with Gasteiger partial charge in [-0.15, -0.1) is 0 Å². The summed E-state index contributed by atoms with van der Waals surface area (Å²) in [6, 6.07) is 14.8. The summed E-state index contributed by atoms with van der Waals surface area (Å²) >= 11 is 6.91. The van der Waals surface area contributed by atoms with Crippen LogP contribution >= 0.6 is 24.0 Å². The van der Waals surface area contributed by atoms with E-state index in [-0.39, 0.29) is 11.7 Å². The highest BCUT2D eigenvalue weighted by Crippen LogP contribution is 2.36. The van der Waals surface area contributed by atoms with E-state index >= 15 is 0 Å². The third-order valence-electron chi connectivity index (χ3n) is 6.35. The predicted octanol–water partition coefficient (Wildman–Crippen LogP) is 7.40. The SMILES string of the molecule is CCCCC(CC)CN1C(=O)C(=Cc2cn(-c3ccccc3)nc2-c2ccc(C)c(F)c2)SC1=S. The lowest BCUT2D eigenvalue weighted by Gasteiger charge is -2.21. The van der Waals surface area contributed by atoms with Crippen LogP contribution in [-0.4, -0.2) is 31.5 Å². The minimum absolute atomic E-state index is 0.0663. The number of hydrogen-bond acceptors (Lipinski definition) is 4. The van der Waals surface area contributed by atoms with Gasteiger partial charge in [0.15, 0.2) is 0 Å². The van der Waals surface area contributed by atoms with Gasteiger partial charge in [-0.3, -0.25) is 9.69 Å². The summed E-state index contributed by atoms with van der Waals surface area (Å²) < 4.78 is 16.8. The number of thioether (sulfide) groups is 1. The average molecular weight is 508 g/mol. The van der Waals surface area contributed by atoms with E-state index in [4.69, 9.17) is 17.3 Å². The van der Waals surface area contributed by atoms with Crippen LogP contribution in [0.4, 0.5) is 4.39 Å². The molecule has 1 unspecified atom stereocenters. The number of thiocarbonyl (C=S) groups is 1. The number of hydrogen-bond donors (Lipinski definition) is 0. The molecule has 0 bridgehead atoms. The van der Waals surface area contributed by atoms with Gasteiger partial charge in [0.2, 0.25) is 0 Å². The normalized spacial score (nSPS) is 15.9. The van der Waals surface area contributed by atoms with Crippen molar-refractivity contribution in [1.29, 1.82) is 0 Å². The number of para-hydroxylation sites is 1. The van der Waals surface area contributed by atoms with Crippen molar-refractivity contribution in [2.24, 2.45) is 5.92 Å². The zero-order chi connectivity index (χ0) is 24.9. The van der Waals surface area contributed by atoms with E-state index < -0.39 is 0 Å². The smallest absolute Gasteiger partial charge is 0.266 e. The lowest BCUT2D eigenvalue weighted by atomic mass is 9.99. The highest BCUT2D eigenvalue weighted by molar-refractivity contribution is 8.26. The minimum atomic E-state index is -0.285. The van der Waals surface area contributed by atoms with Gasteiger partial charge in [-0.2, -0.15) is 5.10 Å². The Balaban J connectivity index is 1.70. The third kappa shape index (κ3) is 5.73. The number of unbranched alkanes of at least 4 members (excludes halogenated alkanes) is 1. The molecule has 1 fully saturated rings. The first kappa shape index (κ1) is 25.3. The number of aromatic nitrogens is 2. The van der Waals surface area contributed by atoms with Gasteiger partial charge < -0.3 is 0 Å². The predicted molar refractivity (Wildman–Crippen MR) is 147 cm³/mol. The summed E-state index contributed by atoms with van der Waals surface area (Å²) in [4.78, 5) is 15.6. The van der Waals surface area contributed by atoms with Crippen LogP contribution in [0.5, 0.6) is 0 Å². The molecule has 0 N–H and O–H groups in total. The van der Waals surface area contributed by atoms with Gasteiger partial charge in [-0.05, 0) is 49.1 Å². The fraction of sp³-hybridized carbons (Fsp3) is 0.321. The van der Waals surface area contributed by atoms with Crippen molar-refractivity contribution in [3.8, 4) is 16.9 Å². The van der Waals surface area contributed by atoms with Gasteiger partial charge in [-0.1, -0.05) is 87.4 Å². The average Bonchev–Trinajstić information content (AvgIpc) is 3.40. The van der Waals surface area contributed by atoms with Crippen LogP contribution in [-0.2, 0) is 4.79 Å². The molecule has 2 heterocycles. The van der Waals surface area contributed by atoms with Gasteiger partial charge in [0, 0.05) is 23.9 Å². The van der Waals surface area contributed by atoms with Gasteiger partial charge in [0.05, 0.1) is 10.6 Å². The Kier molecular flexibility index (Phi) is 8.19. The molecule has 1 amide bonds. The Labute approximate surface area is 216 Å². The molecular weight excluding hydrogens is 477 g/mol. The fourth-order valence-electron chi connectivity index (χ4n) is 4.14.